The second-order valence-corrected chi connectivity index (χ2v) is 24.9. The molecular formula is C52H94N4O6. The molecule has 0 aromatic heterocycles. The first kappa shape index (κ1) is 52.1. The van der Waals surface area contributed by atoms with Crippen LogP contribution < -0.4 is 16.0 Å². The summed E-state index contributed by atoms with van der Waals surface area (Å²) in [5, 5.41) is 9.38. The summed E-state index contributed by atoms with van der Waals surface area (Å²) in [5.74, 6) is 4.80. The van der Waals surface area contributed by atoms with Gasteiger partial charge < -0.3 is 35.1 Å². The van der Waals surface area contributed by atoms with E-state index in [1.807, 2.05) is 46.4 Å². The van der Waals surface area contributed by atoms with E-state index in [2.05, 4.69) is 84.3 Å². The Balaban J connectivity index is 1.35. The molecule has 0 unspecified atom stereocenters. The van der Waals surface area contributed by atoms with Gasteiger partial charge in [0.15, 0.2) is 0 Å². The van der Waals surface area contributed by atoms with Gasteiger partial charge in [-0.3, -0.25) is 0 Å². The molecule has 0 heterocycles. The van der Waals surface area contributed by atoms with E-state index in [1.54, 1.807) is 0 Å². The summed E-state index contributed by atoms with van der Waals surface area (Å²) in [6.45, 7) is 35.4. The van der Waals surface area contributed by atoms with Crippen LogP contribution in [-0.2, 0) is 14.2 Å². The summed E-state index contributed by atoms with van der Waals surface area (Å²) in [6.07, 6.45) is 16.7. The van der Waals surface area contributed by atoms with Gasteiger partial charge in [0.1, 0.15) is 17.3 Å². The quantitative estimate of drug-likeness (QED) is 0.0672. The van der Waals surface area contributed by atoms with E-state index in [9.17, 15) is 14.4 Å². The highest BCUT2D eigenvalue weighted by Crippen LogP contribution is 2.67. The zero-order valence-electron chi connectivity index (χ0n) is 42.5. The third-order valence-electron chi connectivity index (χ3n) is 15.3. The van der Waals surface area contributed by atoms with E-state index in [0.717, 1.165) is 80.7 Å². The van der Waals surface area contributed by atoms with Crippen molar-refractivity contribution in [1.29, 1.82) is 0 Å². The molecule has 4 rings (SSSR count). The molecule has 0 aliphatic heterocycles. The molecular weight excluding hydrogens is 777 g/mol. The highest BCUT2D eigenvalue weighted by atomic mass is 16.6. The molecule has 0 radical (unpaired) electrons. The topological polar surface area (TPSA) is 118 Å². The van der Waals surface area contributed by atoms with Crippen LogP contribution in [0, 0.1) is 57.2 Å². The Morgan fingerprint density at radius 1 is 0.758 bits per heavy atom. The summed E-state index contributed by atoms with van der Waals surface area (Å²) in [6, 6.07) is 0. The number of ether oxygens (including phenoxy) is 3. The predicted octanol–water partition coefficient (Wildman–Crippen LogP) is 12.3. The van der Waals surface area contributed by atoms with Gasteiger partial charge in [-0.2, -0.15) is 0 Å². The Kier molecular flexibility index (Phi) is 17.8. The van der Waals surface area contributed by atoms with Gasteiger partial charge in [-0.05, 0) is 163 Å². The number of fused-ring (bicyclic) bond motifs is 5. The lowest BCUT2D eigenvalue weighted by atomic mass is 9.47. The molecule has 3 N–H and O–H groups in total. The number of nitrogens with one attached hydrogen (secondary N) is 3. The Labute approximate surface area is 379 Å². The molecule has 4 aliphatic rings. The molecule has 10 nitrogen and oxygen atoms in total. The van der Waals surface area contributed by atoms with Crippen molar-refractivity contribution in [2.75, 3.05) is 39.3 Å². The van der Waals surface area contributed by atoms with E-state index in [-0.39, 0.29) is 23.0 Å². The zero-order valence-corrected chi connectivity index (χ0v) is 42.5. The standard InChI is InChI=1S/C52H94N4O6/c1-36(2)19-18-20-37(3)41-23-24-42-40-22-21-38-31-39(25-27-51(38,14)43(40)26-28-52(41,42)15)60-46(59)56(35-50(12,13)34-55-45(58)62-48(7,8)9)30-17-16-29-53-32-49(10,11)33-54-44(57)61-47(4,5)6/h21,36-37,39-43,53H,16-20,22-35H2,1-15H3,(H,54,57)(H,55,58)/t37-,39+,40+,41-,42+,43+,51+,52-/m1/s1. The van der Waals surface area contributed by atoms with Gasteiger partial charge in [-0.1, -0.05) is 93.2 Å². The lowest BCUT2D eigenvalue weighted by Gasteiger charge is -2.58. The summed E-state index contributed by atoms with van der Waals surface area (Å²) in [5.41, 5.74) is 0.503. The first-order chi connectivity index (χ1) is 28.6. The number of nitrogens with zero attached hydrogens (tertiary/aromatic N) is 1. The average molecular weight is 871 g/mol. The molecule has 0 bridgehead atoms. The number of rotatable bonds is 19. The fourth-order valence-electron chi connectivity index (χ4n) is 12.1. The average Bonchev–Trinajstić information content (AvgIpc) is 3.50. The number of alkyl carbamates (subject to hydrolysis) is 2. The number of hydrogen-bond donors (Lipinski definition) is 3. The van der Waals surface area contributed by atoms with Gasteiger partial charge in [0.05, 0.1) is 0 Å². The van der Waals surface area contributed by atoms with Gasteiger partial charge >= 0.3 is 18.3 Å². The Hall–Kier alpha value is -2.49. The molecule has 10 heteroatoms. The molecule has 0 aromatic carbocycles. The lowest BCUT2D eigenvalue weighted by Crippen LogP contribution is -2.51. The van der Waals surface area contributed by atoms with Crippen molar-refractivity contribution in [3.63, 3.8) is 0 Å². The maximum atomic E-state index is 14.2. The van der Waals surface area contributed by atoms with Crippen LogP contribution in [0.3, 0.4) is 0 Å². The van der Waals surface area contributed by atoms with Crippen LogP contribution in [0.25, 0.3) is 0 Å². The van der Waals surface area contributed by atoms with Crippen LogP contribution in [0.15, 0.2) is 11.6 Å². The fraction of sp³-hybridized carbons (Fsp3) is 0.904. The van der Waals surface area contributed by atoms with E-state index in [1.165, 1.54) is 56.9 Å². The summed E-state index contributed by atoms with van der Waals surface area (Å²) < 4.78 is 17.4. The van der Waals surface area contributed by atoms with Crippen molar-refractivity contribution in [2.45, 2.75) is 205 Å². The molecule has 8 atom stereocenters. The van der Waals surface area contributed by atoms with Crippen LogP contribution in [0.4, 0.5) is 14.4 Å². The number of unbranched alkanes of at least 4 members (excludes halogenated alkanes) is 1. The van der Waals surface area contributed by atoms with E-state index >= 15 is 0 Å². The van der Waals surface area contributed by atoms with Crippen molar-refractivity contribution in [3.8, 4) is 0 Å². The number of hydrogen-bond acceptors (Lipinski definition) is 7. The summed E-state index contributed by atoms with van der Waals surface area (Å²) in [7, 11) is 0. The molecule has 4 aliphatic carbocycles. The second kappa shape index (κ2) is 21.2. The largest absolute Gasteiger partial charge is 0.446 e. The molecule has 0 spiro atoms. The van der Waals surface area contributed by atoms with Crippen molar-refractivity contribution >= 4 is 18.3 Å². The number of carbonyl (C=O) groups is 3. The van der Waals surface area contributed by atoms with Crippen LogP contribution in [0.2, 0.25) is 0 Å². The third-order valence-corrected chi connectivity index (χ3v) is 15.3. The maximum Gasteiger partial charge on any atom is 0.410 e. The Morgan fingerprint density at radius 2 is 1.39 bits per heavy atom. The number of carbonyl (C=O) groups excluding carboxylic acids is 3. The lowest BCUT2D eigenvalue weighted by molar-refractivity contribution is -0.0596. The number of amides is 3. The minimum absolute atomic E-state index is 0.126. The van der Waals surface area contributed by atoms with Gasteiger partial charge in [-0.25, -0.2) is 14.4 Å². The van der Waals surface area contributed by atoms with Crippen molar-refractivity contribution in [3.05, 3.63) is 11.6 Å². The van der Waals surface area contributed by atoms with Gasteiger partial charge in [0.2, 0.25) is 0 Å². The summed E-state index contributed by atoms with van der Waals surface area (Å²) >= 11 is 0. The van der Waals surface area contributed by atoms with E-state index < -0.39 is 28.8 Å². The van der Waals surface area contributed by atoms with Crippen LogP contribution in [0.1, 0.15) is 187 Å². The Bertz CT molecular complexity index is 1510. The minimum atomic E-state index is -0.588. The molecule has 0 saturated heterocycles. The smallest absolute Gasteiger partial charge is 0.410 e. The molecule has 358 valence electrons. The zero-order chi connectivity index (χ0) is 46.3. The molecule has 3 fully saturated rings. The minimum Gasteiger partial charge on any atom is -0.446 e. The fourth-order valence-corrected chi connectivity index (χ4v) is 12.1. The Morgan fingerprint density at radius 3 is 2.00 bits per heavy atom. The third kappa shape index (κ3) is 15.0. The normalized spacial score (nSPS) is 28.2. The van der Waals surface area contributed by atoms with Gasteiger partial charge in [0, 0.05) is 39.1 Å². The highest BCUT2D eigenvalue weighted by molar-refractivity contribution is 5.69. The first-order valence-corrected chi connectivity index (χ1v) is 24.9. The van der Waals surface area contributed by atoms with Crippen molar-refractivity contribution in [1.82, 2.24) is 20.9 Å². The second-order valence-electron chi connectivity index (χ2n) is 24.9. The monoisotopic (exact) mass is 871 g/mol. The van der Waals surface area contributed by atoms with Crippen molar-refractivity contribution < 1.29 is 28.6 Å². The number of allylic oxidation sites excluding steroid dienone is 1. The van der Waals surface area contributed by atoms with E-state index in [4.69, 9.17) is 14.2 Å². The summed E-state index contributed by atoms with van der Waals surface area (Å²) in [4.78, 5) is 40.8. The molecule has 62 heavy (non-hydrogen) atoms. The van der Waals surface area contributed by atoms with E-state index in [0.29, 0.717) is 31.6 Å². The molecule has 0 aromatic rings. The van der Waals surface area contributed by atoms with Crippen LogP contribution >= 0.6 is 0 Å². The predicted molar refractivity (Wildman–Crippen MR) is 253 cm³/mol. The van der Waals surface area contributed by atoms with Crippen LogP contribution in [0.5, 0.6) is 0 Å². The van der Waals surface area contributed by atoms with Gasteiger partial charge in [0.25, 0.3) is 0 Å². The van der Waals surface area contributed by atoms with Crippen LogP contribution in [-0.4, -0.2) is 79.8 Å². The maximum absolute atomic E-state index is 14.2. The highest BCUT2D eigenvalue weighted by Gasteiger charge is 2.59. The molecule has 3 amide bonds. The van der Waals surface area contributed by atoms with Gasteiger partial charge in [-0.15, -0.1) is 0 Å². The van der Waals surface area contributed by atoms with Crippen molar-refractivity contribution in [2.24, 2.45) is 57.2 Å². The SMILES string of the molecule is CC(C)CCC[C@@H](C)[C@H]1CC[C@H]2[C@@H]3CC=C4C[C@@H](OC(=O)N(CCCCNCC(C)(C)CNC(=O)OC(C)(C)C)CC(C)(C)CNC(=O)OC(C)(C)C)CC[C@]4(C)[C@H]3CC[C@]12C. The molecule has 3 saturated carbocycles. The first-order valence-electron chi connectivity index (χ1n) is 24.9.